The van der Waals surface area contributed by atoms with Gasteiger partial charge >= 0.3 is 11.9 Å². The van der Waals surface area contributed by atoms with Crippen molar-refractivity contribution in [1.29, 1.82) is 0 Å². The minimum Gasteiger partial charge on any atom is -0.481 e. The van der Waals surface area contributed by atoms with Gasteiger partial charge in [0.15, 0.2) is 10.3 Å². The Balaban J connectivity index is 0.00000281. The number of anilines is 3. The molecule has 0 radical (unpaired) electrons. The zero-order valence-corrected chi connectivity index (χ0v) is 21.3. The van der Waals surface area contributed by atoms with Crippen LogP contribution >= 0.6 is 23.5 Å². The number of nitrogens with zero attached hydrogens (tertiary/aromatic N) is 6. The molecule has 0 aliphatic carbocycles. The van der Waals surface area contributed by atoms with Crippen LogP contribution in [0.1, 0.15) is 39.4 Å². The van der Waals surface area contributed by atoms with Gasteiger partial charge in [-0.15, -0.1) is 0 Å². The predicted molar refractivity (Wildman–Crippen MR) is 133 cm³/mol. The molecule has 0 fully saturated rings. The zero-order valence-electron chi connectivity index (χ0n) is 19.7. The Hall–Kier alpha value is -2.94. The van der Waals surface area contributed by atoms with E-state index in [1.807, 2.05) is 20.8 Å². The molecule has 0 spiro atoms. The minimum atomic E-state index is -0.875. The number of carbonyl (C=O) groups is 2. The van der Waals surface area contributed by atoms with Gasteiger partial charge in [-0.05, 0) is 13.8 Å². The second-order valence-corrected chi connectivity index (χ2v) is 8.25. The number of carboxylic acids is 2. The van der Waals surface area contributed by atoms with Crippen LogP contribution in [-0.4, -0.2) is 83.2 Å². The van der Waals surface area contributed by atoms with Gasteiger partial charge in [0.1, 0.15) is 5.82 Å². The van der Waals surface area contributed by atoms with Crippen LogP contribution in [0.3, 0.4) is 0 Å². The van der Waals surface area contributed by atoms with Gasteiger partial charge in [0.25, 0.3) is 0 Å². The van der Waals surface area contributed by atoms with E-state index >= 15 is 0 Å². The second kappa shape index (κ2) is 16.6. The molecular weight excluding hydrogens is 482 g/mol. The highest BCUT2D eigenvalue weighted by Crippen LogP contribution is 2.18. The lowest BCUT2D eigenvalue weighted by atomic mass is 10.5. The van der Waals surface area contributed by atoms with Crippen LogP contribution in [0.25, 0.3) is 0 Å². The van der Waals surface area contributed by atoms with Crippen molar-refractivity contribution in [2.75, 3.05) is 47.1 Å². The molecule has 2 heterocycles. The van der Waals surface area contributed by atoms with E-state index < -0.39 is 11.9 Å². The molecule has 2 aromatic rings. The molecule has 2 aromatic heterocycles. The maximum absolute atomic E-state index is 10.7. The third-order valence-electron chi connectivity index (χ3n) is 3.46. The molecule has 0 bridgehead atoms. The Kier molecular flexibility index (Phi) is 14.2. The quantitative estimate of drug-likeness (QED) is 0.172. The van der Waals surface area contributed by atoms with Gasteiger partial charge in [0, 0.05) is 31.1 Å². The molecule has 2 rings (SSSR count). The third-order valence-corrected chi connectivity index (χ3v) is 5.16. The van der Waals surface area contributed by atoms with E-state index in [1.165, 1.54) is 23.5 Å². The summed E-state index contributed by atoms with van der Waals surface area (Å²) in [6, 6.07) is 0. The predicted octanol–water partition coefficient (Wildman–Crippen LogP) is 2.48. The van der Waals surface area contributed by atoms with Crippen LogP contribution < -0.4 is 16.0 Å². The monoisotopic (exact) mass is 513 g/mol. The summed E-state index contributed by atoms with van der Waals surface area (Å²) in [5.41, 5.74) is 0. The van der Waals surface area contributed by atoms with E-state index in [4.69, 9.17) is 10.2 Å². The fraction of sp³-hybridized carbons (Fsp3) is 0.579. The van der Waals surface area contributed by atoms with Gasteiger partial charge < -0.3 is 26.2 Å². The average molecular weight is 514 g/mol. The van der Waals surface area contributed by atoms with Crippen molar-refractivity contribution >= 4 is 53.3 Å². The number of nitrogens with one attached hydrogen (secondary N) is 3. The largest absolute Gasteiger partial charge is 0.481 e. The van der Waals surface area contributed by atoms with Gasteiger partial charge in [-0.2, -0.15) is 24.9 Å². The number of hydrogen-bond donors (Lipinski definition) is 5. The van der Waals surface area contributed by atoms with Crippen molar-refractivity contribution in [1.82, 2.24) is 29.9 Å². The molecule has 188 valence electrons. The number of aryl methyl sites for hydroxylation is 1. The van der Waals surface area contributed by atoms with Crippen LogP contribution in [-0.2, 0) is 9.59 Å². The standard InChI is InChI=1S/C17H25N9O4S2.C2H6/c1-3-18-13-23-15(26-17(24-13)32-9-5-12(29)30)20-7-6-19-14-21-10(2)22-16(25-14)31-8-4-11(27)28;1-2/h3-9H2,1-2H3,(H,27,28)(H,29,30)(H,19,21,22,25)(H2,18,20,23,24,26);1-2H3. The first-order valence-electron chi connectivity index (χ1n) is 10.7. The van der Waals surface area contributed by atoms with Crippen molar-refractivity contribution in [2.45, 2.75) is 50.8 Å². The lowest BCUT2D eigenvalue weighted by molar-refractivity contribution is -0.137. The zero-order chi connectivity index (χ0) is 25.3. The topological polar surface area (TPSA) is 188 Å². The maximum atomic E-state index is 10.7. The minimum absolute atomic E-state index is 0.0154. The maximum Gasteiger partial charge on any atom is 0.304 e. The molecule has 13 nitrogen and oxygen atoms in total. The summed E-state index contributed by atoms with van der Waals surface area (Å²) >= 11 is 2.50. The van der Waals surface area contributed by atoms with Crippen LogP contribution in [0.15, 0.2) is 10.3 Å². The highest BCUT2D eigenvalue weighted by molar-refractivity contribution is 7.99. The molecule has 0 saturated carbocycles. The Labute approximate surface area is 206 Å². The van der Waals surface area contributed by atoms with Gasteiger partial charge in [0.05, 0.1) is 12.8 Å². The Morgan fingerprint density at radius 2 is 1.18 bits per heavy atom. The van der Waals surface area contributed by atoms with Crippen LogP contribution in [0.2, 0.25) is 0 Å². The Bertz CT molecular complexity index is 921. The van der Waals surface area contributed by atoms with Crippen molar-refractivity contribution < 1.29 is 19.8 Å². The summed E-state index contributed by atoms with van der Waals surface area (Å²) in [7, 11) is 0. The summed E-state index contributed by atoms with van der Waals surface area (Å²) in [4.78, 5) is 46.9. The van der Waals surface area contributed by atoms with Crippen molar-refractivity contribution in [3.8, 4) is 0 Å². The van der Waals surface area contributed by atoms with E-state index in [-0.39, 0.29) is 12.8 Å². The first-order valence-corrected chi connectivity index (χ1v) is 12.7. The molecule has 0 saturated heterocycles. The molecule has 0 amide bonds. The molecule has 0 aliphatic heterocycles. The first-order chi connectivity index (χ1) is 16.4. The number of rotatable bonds is 15. The average Bonchev–Trinajstić information content (AvgIpc) is 2.77. The van der Waals surface area contributed by atoms with Gasteiger partial charge in [-0.25, -0.2) is 4.98 Å². The van der Waals surface area contributed by atoms with E-state index in [9.17, 15) is 9.59 Å². The number of carboxylic acid groups (broad SMARTS) is 2. The van der Waals surface area contributed by atoms with Crippen molar-refractivity contribution in [2.24, 2.45) is 0 Å². The number of thioether (sulfide) groups is 2. The molecular formula is C19H31N9O4S2. The molecule has 5 N–H and O–H groups in total. The number of aromatic nitrogens is 6. The molecule has 0 aromatic carbocycles. The third kappa shape index (κ3) is 12.3. The lowest BCUT2D eigenvalue weighted by Crippen LogP contribution is -2.18. The first kappa shape index (κ1) is 29.1. The fourth-order valence-corrected chi connectivity index (χ4v) is 3.71. The summed E-state index contributed by atoms with van der Waals surface area (Å²) in [6.45, 7) is 9.22. The molecule has 0 atom stereocenters. The van der Waals surface area contributed by atoms with Crippen molar-refractivity contribution in [3.05, 3.63) is 5.82 Å². The normalized spacial score (nSPS) is 10.1. The van der Waals surface area contributed by atoms with E-state index in [1.54, 1.807) is 6.92 Å². The number of hydrogen-bond acceptors (Lipinski definition) is 13. The summed E-state index contributed by atoms with van der Waals surface area (Å²) in [5.74, 6) is 0.693. The van der Waals surface area contributed by atoms with Gasteiger partial charge in [0.2, 0.25) is 17.8 Å². The highest BCUT2D eigenvalue weighted by Gasteiger charge is 2.09. The molecule has 0 aliphatic rings. The summed E-state index contributed by atoms with van der Waals surface area (Å²) < 4.78 is 0. The van der Waals surface area contributed by atoms with Gasteiger partial charge in [-0.1, -0.05) is 37.4 Å². The van der Waals surface area contributed by atoms with E-state index in [0.29, 0.717) is 65.1 Å². The number of aliphatic carboxylic acids is 2. The molecule has 15 heteroatoms. The molecule has 34 heavy (non-hydrogen) atoms. The highest BCUT2D eigenvalue weighted by atomic mass is 32.2. The SMILES string of the molecule is CC.CCNc1nc(NCCNc2nc(C)nc(SCCC(=O)O)n2)nc(SCCC(=O)O)n1. The fourth-order valence-electron chi connectivity index (χ4n) is 2.15. The van der Waals surface area contributed by atoms with E-state index in [2.05, 4.69) is 45.9 Å². The van der Waals surface area contributed by atoms with Crippen molar-refractivity contribution in [3.63, 3.8) is 0 Å². The summed E-state index contributed by atoms with van der Waals surface area (Å²) in [6.07, 6.45) is 0.0426. The molecule has 0 unspecified atom stereocenters. The van der Waals surface area contributed by atoms with E-state index in [0.717, 1.165) is 0 Å². The Morgan fingerprint density at radius 1 is 0.735 bits per heavy atom. The van der Waals surface area contributed by atoms with Gasteiger partial charge in [-0.3, -0.25) is 9.59 Å². The smallest absolute Gasteiger partial charge is 0.304 e. The van der Waals surface area contributed by atoms with Crippen LogP contribution in [0, 0.1) is 6.92 Å². The summed E-state index contributed by atoms with van der Waals surface area (Å²) in [5, 5.41) is 27.6. The van der Waals surface area contributed by atoms with Crippen LogP contribution in [0.5, 0.6) is 0 Å². The Morgan fingerprint density at radius 3 is 1.65 bits per heavy atom. The van der Waals surface area contributed by atoms with Crippen LogP contribution in [0.4, 0.5) is 17.8 Å². The lowest BCUT2D eigenvalue weighted by Gasteiger charge is -2.10. The second-order valence-electron chi connectivity index (χ2n) is 6.12.